The molecule has 0 fully saturated rings. The Kier molecular flexibility index (Phi) is 2.50. The summed E-state index contributed by atoms with van der Waals surface area (Å²) in [4.78, 5) is 0. The van der Waals surface area contributed by atoms with Crippen molar-refractivity contribution in [3.8, 4) is 22.3 Å². The zero-order chi connectivity index (χ0) is 40.8. The quantitative estimate of drug-likeness (QED) is 0.158. The monoisotopic (exact) mass is 536 g/mol. The second-order valence-corrected chi connectivity index (χ2v) is 9.63. The maximum absolute atomic E-state index is 9.46. The van der Waals surface area contributed by atoms with Crippen molar-refractivity contribution in [1.29, 1.82) is 0 Å². The Bertz CT molecular complexity index is 3340. The topological polar surface area (TPSA) is 13.1 Å². The summed E-state index contributed by atoms with van der Waals surface area (Å²) in [5.41, 5.74) is 1.03. The van der Waals surface area contributed by atoms with E-state index in [0.717, 1.165) is 0 Å². The lowest BCUT2D eigenvalue weighted by atomic mass is 9.87. The number of hydrogen-bond donors (Lipinski definition) is 0. The first kappa shape index (κ1) is 12.0. The largest absolute Gasteiger partial charge is 0.455 e. The van der Waals surface area contributed by atoms with Gasteiger partial charge in [0, 0.05) is 16.2 Å². The maximum atomic E-state index is 9.46. The highest BCUT2D eigenvalue weighted by Crippen LogP contribution is 2.46. The number of hydrogen-bond acceptors (Lipinski definition) is 1. The van der Waals surface area contributed by atoms with Crippen molar-refractivity contribution in [1.82, 2.24) is 0 Å². The number of rotatable bonds is 2. The van der Waals surface area contributed by atoms with Gasteiger partial charge in [0.1, 0.15) is 11.2 Å². The Hall–Kier alpha value is -5.40. The molecular weight excluding hydrogens is 496 g/mol. The molecule has 0 aliphatic carbocycles. The van der Waals surface area contributed by atoms with Gasteiger partial charge in [-0.2, -0.15) is 0 Å². The van der Waals surface area contributed by atoms with E-state index in [4.69, 9.17) is 22.2 Å². The second-order valence-electron chi connectivity index (χ2n) is 9.63. The van der Waals surface area contributed by atoms with Gasteiger partial charge in [-0.3, -0.25) is 0 Å². The van der Waals surface area contributed by atoms with E-state index in [1.807, 2.05) is 0 Å². The molecule has 0 amide bonds. The lowest BCUT2D eigenvalue weighted by Crippen LogP contribution is -1.88. The average molecular weight is 537 g/mol. The van der Waals surface area contributed by atoms with Crippen LogP contribution in [0.5, 0.6) is 0 Å². The summed E-state index contributed by atoms with van der Waals surface area (Å²) in [5, 5.41) is 0.364. The fourth-order valence-corrected chi connectivity index (χ4v) is 5.78. The smallest absolute Gasteiger partial charge is 0.143 e. The van der Waals surface area contributed by atoms with E-state index in [1.54, 1.807) is 48.5 Å². The Labute approximate surface area is 259 Å². The molecule has 0 aliphatic rings. The van der Waals surface area contributed by atoms with Gasteiger partial charge in [-0.05, 0) is 78.1 Å². The van der Waals surface area contributed by atoms with Crippen LogP contribution in [0.4, 0.5) is 0 Å². The fraction of sp³-hybridized carbons (Fsp3) is 0. The molecule has 0 radical (unpaired) electrons. The third kappa shape index (κ3) is 3.24. The van der Waals surface area contributed by atoms with Gasteiger partial charge in [0.05, 0.1) is 21.9 Å². The summed E-state index contributed by atoms with van der Waals surface area (Å²) in [6.45, 7) is 0. The zero-order valence-corrected chi connectivity index (χ0v) is 21.0. The first-order valence-corrected chi connectivity index (χ1v) is 12.8. The minimum absolute atomic E-state index is 0.0124. The summed E-state index contributed by atoms with van der Waals surface area (Å²) >= 11 is 0. The molecule has 1 nitrogen and oxygen atoms in total. The highest BCUT2D eigenvalue weighted by atomic mass is 16.3. The molecule has 0 atom stereocenters. The van der Waals surface area contributed by atoms with Crippen LogP contribution in [0.15, 0.2) is 150 Å². The Morgan fingerprint density at radius 2 is 1.24 bits per heavy atom. The normalized spacial score (nSPS) is 17.4. The van der Waals surface area contributed by atoms with Crippen LogP contribution < -0.4 is 0 Å². The minimum Gasteiger partial charge on any atom is -0.455 e. The summed E-state index contributed by atoms with van der Waals surface area (Å²) in [5.74, 6) is 0. The van der Waals surface area contributed by atoms with Gasteiger partial charge in [-0.25, -0.2) is 0 Å². The molecule has 1 heterocycles. The van der Waals surface area contributed by atoms with Crippen molar-refractivity contribution in [3.63, 3.8) is 0 Å². The van der Waals surface area contributed by atoms with Crippen LogP contribution in [0.2, 0.25) is 0 Å². The van der Waals surface area contributed by atoms with Crippen molar-refractivity contribution in [3.05, 3.63) is 145 Å². The predicted molar refractivity (Wildman–Crippen MR) is 175 cm³/mol. The summed E-state index contributed by atoms with van der Waals surface area (Å²) in [6, 6.07) is 4.44. The Balaban J connectivity index is 1.58. The van der Waals surface area contributed by atoms with Gasteiger partial charge in [-0.15, -0.1) is 0 Å². The SMILES string of the molecule is [2H]c1c([2H])c([2H])c(-c2cc3c(oc4cccc(-c5c6c([2H])c([2H])c([2H])c([2H])c6c([2H])c6c5c([2H])c([2H])c5c([2H])c([2H])c([2H])c([2H])c56)c43)c3ccccc23)c([2H])c1[2H]. The molecule has 9 aromatic rings. The number of benzene rings is 8. The molecule has 9 rings (SSSR count). The average Bonchev–Trinajstić information content (AvgIpc) is 3.59. The second kappa shape index (κ2) is 8.55. The molecule has 0 unspecified atom stereocenters. The number of furan rings is 1. The molecule has 0 saturated heterocycles. The lowest BCUT2D eigenvalue weighted by Gasteiger charge is -2.15. The lowest BCUT2D eigenvalue weighted by molar-refractivity contribution is 0.673. The van der Waals surface area contributed by atoms with Crippen molar-refractivity contribution in [2.45, 2.75) is 0 Å². The van der Waals surface area contributed by atoms with Crippen LogP contribution in [0.1, 0.15) is 21.9 Å². The first-order valence-electron chi connectivity index (χ1n) is 20.8. The molecule has 0 bridgehead atoms. The van der Waals surface area contributed by atoms with Crippen molar-refractivity contribution in [2.75, 3.05) is 0 Å². The third-order valence-corrected chi connectivity index (χ3v) is 7.48. The summed E-state index contributed by atoms with van der Waals surface area (Å²) in [6.07, 6.45) is 0. The van der Waals surface area contributed by atoms with Crippen molar-refractivity contribution < 1.29 is 26.3 Å². The fourth-order valence-electron chi connectivity index (χ4n) is 5.78. The van der Waals surface area contributed by atoms with E-state index in [1.165, 1.54) is 0 Å². The molecule has 0 spiro atoms. The van der Waals surface area contributed by atoms with E-state index < -0.39 is 96.7 Å². The van der Waals surface area contributed by atoms with E-state index in [9.17, 15) is 4.11 Å². The third-order valence-electron chi connectivity index (χ3n) is 7.48. The first-order chi connectivity index (χ1) is 27.0. The van der Waals surface area contributed by atoms with Gasteiger partial charge >= 0.3 is 0 Å². The van der Waals surface area contributed by atoms with Gasteiger partial charge in [-0.1, -0.05) is 127 Å². The maximum Gasteiger partial charge on any atom is 0.143 e. The zero-order valence-electron chi connectivity index (χ0n) is 37.0. The molecule has 41 heavy (non-hydrogen) atoms. The summed E-state index contributed by atoms with van der Waals surface area (Å²) < 4.78 is 147. The molecule has 0 saturated carbocycles. The van der Waals surface area contributed by atoms with Crippen LogP contribution in [0, 0.1) is 0 Å². The van der Waals surface area contributed by atoms with Gasteiger partial charge in [0.15, 0.2) is 0 Å². The molecule has 1 aromatic heterocycles. The van der Waals surface area contributed by atoms with Gasteiger partial charge < -0.3 is 4.42 Å². The Morgan fingerprint density at radius 3 is 2.12 bits per heavy atom. The van der Waals surface area contributed by atoms with E-state index in [-0.39, 0.29) is 60.2 Å². The van der Waals surface area contributed by atoms with Gasteiger partial charge in [0.2, 0.25) is 0 Å². The standard InChI is InChI=1S/C40H24O/c1-2-11-25(12-3-1)34-24-36-39-33(19-10-20-37(39)41-40(36)32-18-9-8-17-30(32)34)38-29-16-7-5-14-27(29)23-35-28-15-6-4-13-26(28)21-22-31(35)38/h1-24H/i1D,2D,3D,4D,5D,6D,7D,11D,12D,13D,14D,15D,16D,21D,22D,23D. The van der Waals surface area contributed by atoms with Crippen molar-refractivity contribution >= 4 is 65.0 Å². The number of fused-ring (bicyclic) bond motifs is 9. The van der Waals surface area contributed by atoms with Crippen LogP contribution in [-0.4, -0.2) is 0 Å². The highest BCUT2D eigenvalue weighted by molar-refractivity contribution is 6.27. The van der Waals surface area contributed by atoms with Crippen LogP contribution >= 0.6 is 0 Å². The van der Waals surface area contributed by atoms with Crippen LogP contribution in [0.25, 0.3) is 87.3 Å². The molecular formula is C40H24O. The highest BCUT2D eigenvalue weighted by Gasteiger charge is 2.20. The molecule has 0 aliphatic heterocycles. The van der Waals surface area contributed by atoms with Crippen LogP contribution in [-0.2, 0) is 0 Å². The van der Waals surface area contributed by atoms with E-state index >= 15 is 0 Å². The molecule has 1 heteroatoms. The Morgan fingerprint density at radius 1 is 0.488 bits per heavy atom. The van der Waals surface area contributed by atoms with Gasteiger partial charge in [0.25, 0.3) is 0 Å². The minimum atomic E-state index is -0.656. The van der Waals surface area contributed by atoms with E-state index in [2.05, 4.69) is 0 Å². The van der Waals surface area contributed by atoms with Crippen molar-refractivity contribution in [2.24, 2.45) is 0 Å². The summed E-state index contributed by atoms with van der Waals surface area (Å²) in [7, 11) is 0. The predicted octanol–water partition coefficient (Wildman–Crippen LogP) is 11.5. The molecule has 8 aromatic carbocycles. The molecule has 0 N–H and O–H groups in total. The molecule has 190 valence electrons. The van der Waals surface area contributed by atoms with E-state index in [0.29, 0.717) is 27.1 Å². The van der Waals surface area contributed by atoms with Crippen LogP contribution in [0.3, 0.4) is 0 Å².